The minimum absolute atomic E-state index is 0.0255. The van der Waals surface area contributed by atoms with Gasteiger partial charge in [-0.2, -0.15) is 0 Å². The zero-order chi connectivity index (χ0) is 14.8. The Labute approximate surface area is 121 Å². The highest BCUT2D eigenvalue weighted by molar-refractivity contribution is 5.34. The van der Waals surface area contributed by atoms with Gasteiger partial charge in [-0.3, -0.25) is 0 Å². The van der Waals surface area contributed by atoms with Crippen LogP contribution in [0.5, 0.6) is 0 Å². The molecule has 1 heterocycles. The number of nitrogens with zero attached hydrogens (tertiary/aromatic N) is 2. The molecule has 1 unspecified atom stereocenters. The van der Waals surface area contributed by atoms with Gasteiger partial charge >= 0.3 is 0 Å². The van der Waals surface area contributed by atoms with Crippen molar-refractivity contribution in [1.82, 2.24) is 9.55 Å². The van der Waals surface area contributed by atoms with Crippen LogP contribution in [0.4, 0.5) is 0 Å². The largest absolute Gasteiger partial charge is 0.388 e. The third-order valence-corrected chi connectivity index (χ3v) is 3.65. The molecule has 0 fully saturated rings. The quantitative estimate of drug-likeness (QED) is 0.925. The van der Waals surface area contributed by atoms with E-state index >= 15 is 0 Å². The third kappa shape index (κ3) is 3.10. The maximum Gasteiger partial charge on any atom is 0.111 e. The molecule has 0 spiro atoms. The van der Waals surface area contributed by atoms with Crippen LogP contribution in [0.1, 0.15) is 50.8 Å². The van der Waals surface area contributed by atoms with Gasteiger partial charge in [-0.05, 0) is 23.5 Å². The van der Waals surface area contributed by atoms with Gasteiger partial charge < -0.3 is 9.67 Å². The van der Waals surface area contributed by atoms with Crippen molar-refractivity contribution in [2.45, 2.75) is 52.2 Å². The molecule has 0 aliphatic rings. The van der Waals surface area contributed by atoms with Crippen molar-refractivity contribution in [3.05, 3.63) is 53.6 Å². The van der Waals surface area contributed by atoms with Crippen LogP contribution >= 0.6 is 0 Å². The van der Waals surface area contributed by atoms with Gasteiger partial charge in [0.2, 0.25) is 0 Å². The number of hydrogen-bond acceptors (Lipinski definition) is 2. The molecule has 0 saturated heterocycles. The summed E-state index contributed by atoms with van der Waals surface area (Å²) in [5, 5.41) is 10.6. The Kier molecular flexibility index (Phi) is 4.29. The van der Waals surface area contributed by atoms with Gasteiger partial charge in [0.1, 0.15) is 5.82 Å². The molecule has 0 bridgehead atoms. The maximum atomic E-state index is 10.6. The van der Waals surface area contributed by atoms with E-state index in [1.165, 1.54) is 5.56 Å². The second-order valence-corrected chi connectivity index (χ2v) is 6.19. The van der Waals surface area contributed by atoms with Crippen molar-refractivity contribution in [3.63, 3.8) is 0 Å². The molecule has 0 aliphatic heterocycles. The summed E-state index contributed by atoms with van der Waals surface area (Å²) in [5.74, 6) is 0.934. The average molecular weight is 272 g/mol. The van der Waals surface area contributed by atoms with Crippen LogP contribution in [-0.4, -0.2) is 14.7 Å². The smallest absolute Gasteiger partial charge is 0.111 e. The van der Waals surface area contributed by atoms with Crippen LogP contribution in [0.15, 0.2) is 36.7 Å². The lowest BCUT2D eigenvalue weighted by Gasteiger charge is -2.25. The molecular weight excluding hydrogens is 248 g/mol. The van der Waals surface area contributed by atoms with Crippen LogP contribution in [0.2, 0.25) is 0 Å². The summed E-state index contributed by atoms with van der Waals surface area (Å²) in [5.41, 5.74) is 2.23. The van der Waals surface area contributed by atoms with E-state index in [0.717, 1.165) is 17.9 Å². The molecule has 3 heteroatoms. The zero-order valence-corrected chi connectivity index (χ0v) is 12.8. The van der Waals surface area contributed by atoms with Crippen molar-refractivity contribution in [2.75, 3.05) is 0 Å². The Morgan fingerprint density at radius 2 is 1.95 bits per heavy atom. The molecule has 20 heavy (non-hydrogen) atoms. The third-order valence-electron chi connectivity index (χ3n) is 3.65. The van der Waals surface area contributed by atoms with Gasteiger partial charge in [0.15, 0.2) is 0 Å². The molecule has 3 nitrogen and oxygen atoms in total. The number of benzene rings is 1. The summed E-state index contributed by atoms with van der Waals surface area (Å²) >= 11 is 0. The Morgan fingerprint density at radius 1 is 1.25 bits per heavy atom. The molecule has 1 atom stereocenters. The molecular formula is C17H24N2O. The molecule has 1 aromatic carbocycles. The minimum Gasteiger partial charge on any atom is -0.388 e. The zero-order valence-electron chi connectivity index (χ0n) is 12.8. The van der Waals surface area contributed by atoms with E-state index in [9.17, 15) is 5.11 Å². The van der Waals surface area contributed by atoms with Gasteiger partial charge in [0, 0.05) is 25.4 Å². The predicted octanol–water partition coefficient (Wildman–Crippen LogP) is 3.48. The lowest BCUT2D eigenvalue weighted by atomic mass is 9.82. The fourth-order valence-corrected chi connectivity index (χ4v) is 2.57. The van der Waals surface area contributed by atoms with Crippen LogP contribution in [0.25, 0.3) is 0 Å². The Morgan fingerprint density at radius 3 is 2.60 bits per heavy atom. The molecule has 1 aromatic heterocycles. The van der Waals surface area contributed by atoms with Gasteiger partial charge in [0.05, 0.1) is 6.10 Å². The number of aryl methyl sites for hydroxylation is 1. The summed E-state index contributed by atoms with van der Waals surface area (Å²) in [7, 11) is 0. The van der Waals surface area contributed by atoms with Gasteiger partial charge in [-0.1, -0.05) is 45.0 Å². The summed E-state index contributed by atoms with van der Waals surface area (Å²) in [6, 6.07) is 8.14. The number of rotatable bonds is 4. The number of hydrogen-bond donors (Lipinski definition) is 1. The highest BCUT2D eigenvalue weighted by atomic mass is 16.3. The number of imidazole rings is 1. The Hall–Kier alpha value is -1.61. The standard InChI is InChI=1S/C17H24N2O/c1-5-19-11-10-18-16(19)12-15(20)13-8-6-7-9-14(13)17(2,3)4/h6-11,15,20H,5,12H2,1-4H3. The van der Waals surface area contributed by atoms with Crippen LogP contribution < -0.4 is 0 Å². The topological polar surface area (TPSA) is 38.0 Å². The summed E-state index contributed by atoms with van der Waals surface area (Å²) < 4.78 is 2.07. The van der Waals surface area contributed by atoms with Crippen LogP contribution in [-0.2, 0) is 18.4 Å². The van der Waals surface area contributed by atoms with E-state index in [4.69, 9.17) is 0 Å². The van der Waals surface area contributed by atoms with E-state index in [2.05, 4.69) is 43.3 Å². The van der Waals surface area contributed by atoms with Crippen molar-refractivity contribution in [1.29, 1.82) is 0 Å². The van der Waals surface area contributed by atoms with Gasteiger partial charge in [-0.15, -0.1) is 0 Å². The van der Waals surface area contributed by atoms with E-state index in [1.54, 1.807) is 6.20 Å². The number of aromatic nitrogens is 2. The van der Waals surface area contributed by atoms with Gasteiger partial charge in [0.25, 0.3) is 0 Å². The fourth-order valence-electron chi connectivity index (χ4n) is 2.57. The lowest BCUT2D eigenvalue weighted by Crippen LogP contribution is -2.17. The first-order valence-electron chi connectivity index (χ1n) is 7.21. The minimum atomic E-state index is -0.516. The highest BCUT2D eigenvalue weighted by Gasteiger charge is 2.22. The summed E-state index contributed by atoms with van der Waals surface area (Å²) in [6.07, 6.45) is 3.78. The lowest BCUT2D eigenvalue weighted by molar-refractivity contribution is 0.172. The molecule has 108 valence electrons. The molecule has 0 saturated carbocycles. The second kappa shape index (κ2) is 5.80. The summed E-state index contributed by atoms with van der Waals surface area (Å²) in [6.45, 7) is 9.48. The molecule has 2 aromatic rings. The predicted molar refractivity (Wildman–Crippen MR) is 81.7 cm³/mol. The monoisotopic (exact) mass is 272 g/mol. The SMILES string of the molecule is CCn1ccnc1CC(O)c1ccccc1C(C)(C)C. The Bertz CT molecular complexity index is 566. The normalized spacial score (nSPS) is 13.4. The first-order chi connectivity index (χ1) is 9.43. The molecule has 0 aliphatic carbocycles. The first-order valence-corrected chi connectivity index (χ1v) is 7.21. The summed E-state index contributed by atoms with van der Waals surface area (Å²) in [4.78, 5) is 4.35. The van der Waals surface area contributed by atoms with Crippen molar-refractivity contribution in [3.8, 4) is 0 Å². The second-order valence-electron chi connectivity index (χ2n) is 6.19. The van der Waals surface area contributed by atoms with E-state index in [-0.39, 0.29) is 5.41 Å². The van der Waals surface area contributed by atoms with E-state index in [1.807, 2.05) is 24.4 Å². The van der Waals surface area contributed by atoms with Crippen LogP contribution in [0.3, 0.4) is 0 Å². The molecule has 0 radical (unpaired) electrons. The fraction of sp³-hybridized carbons (Fsp3) is 0.471. The maximum absolute atomic E-state index is 10.6. The Balaban J connectivity index is 2.28. The van der Waals surface area contributed by atoms with Crippen molar-refractivity contribution in [2.24, 2.45) is 0 Å². The first kappa shape index (κ1) is 14.8. The van der Waals surface area contributed by atoms with Gasteiger partial charge in [-0.25, -0.2) is 4.98 Å². The van der Waals surface area contributed by atoms with Crippen molar-refractivity contribution < 1.29 is 5.11 Å². The van der Waals surface area contributed by atoms with E-state index < -0.39 is 6.10 Å². The number of aliphatic hydroxyl groups is 1. The number of aliphatic hydroxyl groups excluding tert-OH is 1. The van der Waals surface area contributed by atoms with E-state index in [0.29, 0.717) is 6.42 Å². The van der Waals surface area contributed by atoms with Crippen molar-refractivity contribution >= 4 is 0 Å². The molecule has 1 N–H and O–H groups in total. The highest BCUT2D eigenvalue weighted by Crippen LogP contribution is 2.30. The molecule has 2 rings (SSSR count). The molecule has 0 amide bonds. The average Bonchev–Trinajstić information content (AvgIpc) is 2.85. The van der Waals surface area contributed by atoms with Crippen LogP contribution in [0, 0.1) is 0 Å².